The number of hydrogen-bond donors (Lipinski definition) is 3. The Bertz CT molecular complexity index is 1070. The lowest BCUT2D eigenvalue weighted by molar-refractivity contribution is 0.172. The number of aliphatic hydroxyl groups excluding tert-OH is 1. The van der Waals surface area contributed by atoms with Crippen molar-refractivity contribution in [2.24, 2.45) is 0 Å². The Morgan fingerprint density at radius 1 is 1.11 bits per heavy atom. The average Bonchev–Trinajstić information content (AvgIpc) is 3.16. The van der Waals surface area contributed by atoms with Gasteiger partial charge in [0, 0.05) is 47.2 Å². The zero-order valence-corrected chi connectivity index (χ0v) is 17.1. The highest BCUT2D eigenvalue weighted by molar-refractivity contribution is 7.97. The molecular weight excluding hydrogens is 388 g/mol. The van der Waals surface area contributed by atoms with Gasteiger partial charge in [-0.25, -0.2) is 0 Å². The van der Waals surface area contributed by atoms with Gasteiger partial charge in [-0.2, -0.15) is 4.37 Å². The first-order valence-electron chi connectivity index (χ1n) is 9.20. The molecule has 0 aliphatic carbocycles. The van der Waals surface area contributed by atoms with Crippen molar-refractivity contribution < 1.29 is 5.11 Å². The molecule has 0 aliphatic heterocycles. The second-order valence-corrected chi connectivity index (χ2v) is 8.46. The highest BCUT2D eigenvalue weighted by atomic mass is 32.2. The lowest BCUT2D eigenvalue weighted by Crippen LogP contribution is -2.34. The molecule has 4 rings (SSSR count). The molecule has 2 atom stereocenters. The van der Waals surface area contributed by atoms with E-state index in [4.69, 9.17) is 0 Å². The molecule has 0 aliphatic rings. The van der Waals surface area contributed by atoms with Crippen molar-refractivity contribution in [3.8, 4) is 0 Å². The molecule has 0 radical (unpaired) electrons. The highest BCUT2D eigenvalue weighted by Gasteiger charge is 2.15. The van der Waals surface area contributed by atoms with E-state index >= 15 is 0 Å². The van der Waals surface area contributed by atoms with Crippen LogP contribution in [0.2, 0.25) is 0 Å². The van der Waals surface area contributed by atoms with Gasteiger partial charge in [0.25, 0.3) is 0 Å². The fourth-order valence-corrected chi connectivity index (χ4v) is 4.58. The molecule has 0 saturated heterocycles. The fraction of sp³-hybridized carbons (Fsp3) is 0.238. The molecular formula is C21H22N4OS2. The van der Waals surface area contributed by atoms with E-state index in [2.05, 4.69) is 44.5 Å². The summed E-state index contributed by atoms with van der Waals surface area (Å²) in [5.41, 5.74) is 0.758. The van der Waals surface area contributed by atoms with Crippen LogP contribution in [0.5, 0.6) is 0 Å². The van der Waals surface area contributed by atoms with Gasteiger partial charge in [-0.3, -0.25) is 9.71 Å². The Labute approximate surface area is 172 Å². The van der Waals surface area contributed by atoms with Crippen molar-refractivity contribution in [2.45, 2.75) is 24.0 Å². The van der Waals surface area contributed by atoms with Crippen molar-refractivity contribution >= 4 is 44.3 Å². The second-order valence-electron chi connectivity index (χ2n) is 6.74. The van der Waals surface area contributed by atoms with E-state index in [1.165, 1.54) is 21.8 Å². The van der Waals surface area contributed by atoms with Gasteiger partial charge in [0.05, 0.1) is 10.4 Å². The first kappa shape index (κ1) is 19.3. The number of aliphatic hydroxyl groups is 1. The molecule has 2 aromatic carbocycles. The largest absolute Gasteiger partial charge is 0.385 e. The van der Waals surface area contributed by atoms with E-state index in [1.54, 1.807) is 11.9 Å². The molecule has 0 fully saturated rings. The van der Waals surface area contributed by atoms with E-state index < -0.39 is 6.10 Å². The van der Waals surface area contributed by atoms with Crippen molar-refractivity contribution in [2.75, 3.05) is 13.1 Å². The summed E-state index contributed by atoms with van der Waals surface area (Å²) in [5, 5.41) is 17.2. The molecule has 4 aromatic rings. The highest BCUT2D eigenvalue weighted by Crippen LogP contribution is 2.26. The minimum Gasteiger partial charge on any atom is -0.385 e. The van der Waals surface area contributed by atoms with Gasteiger partial charge in [-0.15, -0.1) is 0 Å². The molecule has 2 heterocycles. The molecule has 0 spiro atoms. The minimum atomic E-state index is -0.606. The van der Waals surface area contributed by atoms with Crippen LogP contribution in [0, 0.1) is 0 Å². The second kappa shape index (κ2) is 8.98. The summed E-state index contributed by atoms with van der Waals surface area (Å²) >= 11 is 3.05. The van der Waals surface area contributed by atoms with Crippen molar-refractivity contribution in [3.05, 3.63) is 66.6 Å². The predicted octanol–water partition coefficient (Wildman–Crippen LogP) is 4.15. The molecule has 0 bridgehead atoms. The third-order valence-corrected chi connectivity index (χ3v) is 6.35. The lowest BCUT2D eigenvalue weighted by Gasteiger charge is -2.16. The van der Waals surface area contributed by atoms with E-state index in [-0.39, 0.29) is 6.04 Å². The van der Waals surface area contributed by atoms with Gasteiger partial charge in [-0.05, 0) is 60.1 Å². The number of rotatable bonds is 8. The quantitative estimate of drug-likeness (QED) is 0.379. The zero-order valence-electron chi connectivity index (χ0n) is 15.5. The third-order valence-electron chi connectivity index (χ3n) is 4.50. The fourth-order valence-electron chi connectivity index (χ4n) is 3.01. The molecule has 144 valence electrons. The first-order valence-corrected chi connectivity index (χ1v) is 10.8. The van der Waals surface area contributed by atoms with Crippen molar-refractivity contribution in [1.82, 2.24) is 19.4 Å². The number of hydrogen-bond acceptors (Lipinski definition) is 7. The molecule has 7 heteroatoms. The SMILES string of the molecule is C[C@H](CNCC(O)c1nsc2ccccc12)NSc1ccc2cnccc2c1. The lowest BCUT2D eigenvalue weighted by atomic mass is 10.1. The monoisotopic (exact) mass is 410 g/mol. The van der Waals surface area contributed by atoms with E-state index in [1.807, 2.05) is 42.7 Å². The Hall–Kier alpha value is -2.03. The van der Waals surface area contributed by atoms with Crippen LogP contribution in [-0.2, 0) is 0 Å². The standard InChI is InChI=1S/C21H22N4OS2/c1-14(24-27-17-7-6-16-12-22-9-8-15(16)10-17)11-23-13-19(26)21-18-4-2-3-5-20(18)28-25-21/h2-10,12,14,19,23-24,26H,11,13H2,1H3/t14-,19?/m1/s1. The number of nitrogens with zero attached hydrogens (tertiary/aromatic N) is 2. The Morgan fingerprint density at radius 2 is 2.00 bits per heavy atom. The summed E-state index contributed by atoms with van der Waals surface area (Å²) in [7, 11) is 0. The summed E-state index contributed by atoms with van der Waals surface area (Å²) < 4.78 is 8.97. The third kappa shape index (κ3) is 4.51. The van der Waals surface area contributed by atoms with Crippen LogP contribution in [0.4, 0.5) is 0 Å². The molecule has 5 nitrogen and oxygen atoms in total. The van der Waals surface area contributed by atoms with Gasteiger partial charge in [0.1, 0.15) is 6.10 Å². The predicted molar refractivity (Wildman–Crippen MR) is 118 cm³/mol. The van der Waals surface area contributed by atoms with E-state index in [0.717, 1.165) is 27.7 Å². The number of nitrogens with one attached hydrogen (secondary N) is 2. The summed E-state index contributed by atoms with van der Waals surface area (Å²) in [6.45, 7) is 3.35. The van der Waals surface area contributed by atoms with Crippen LogP contribution >= 0.6 is 23.5 Å². The Kier molecular flexibility index (Phi) is 6.19. The summed E-state index contributed by atoms with van der Waals surface area (Å²) in [6, 6.07) is 16.6. The maximum Gasteiger partial charge on any atom is 0.110 e. The van der Waals surface area contributed by atoms with Crippen molar-refractivity contribution in [1.29, 1.82) is 0 Å². The van der Waals surface area contributed by atoms with Crippen LogP contribution in [-0.4, -0.2) is 33.6 Å². The summed E-state index contributed by atoms with van der Waals surface area (Å²) in [6.07, 6.45) is 3.08. The van der Waals surface area contributed by atoms with Gasteiger partial charge in [0.2, 0.25) is 0 Å². The van der Waals surface area contributed by atoms with Gasteiger partial charge in [-0.1, -0.05) is 24.3 Å². The van der Waals surface area contributed by atoms with Crippen LogP contribution in [0.25, 0.3) is 20.9 Å². The zero-order chi connectivity index (χ0) is 19.3. The van der Waals surface area contributed by atoms with Crippen LogP contribution in [0.15, 0.2) is 65.8 Å². The number of aromatic nitrogens is 2. The van der Waals surface area contributed by atoms with Crippen LogP contribution < -0.4 is 10.0 Å². The smallest absolute Gasteiger partial charge is 0.110 e. The van der Waals surface area contributed by atoms with Gasteiger partial charge in [0.15, 0.2) is 0 Å². The maximum absolute atomic E-state index is 10.5. The van der Waals surface area contributed by atoms with E-state index in [9.17, 15) is 5.11 Å². The number of pyridine rings is 1. The summed E-state index contributed by atoms with van der Waals surface area (Å²) in [4.78, 5) is 5.31. The number of benzene rings is 2. The van der Waals surface area contributed by atoms with Gasteiger partial charge >= 0.3 is 0 Å². The molecule has 28 heavy (non-hydrogen) atoms. The maximum atomic E-state index is 10.5. The summed E-state index contributed by atoms with van der Waals surface area (Å²) in [5.74, 6) is 0. The molecule has 1 unspecified atom stereocenters. The van der Waals surface area contributed by atoms with Crippen molar-refractivity contribution in [3.63, 3.8) is 0 Å². The van der Waals surface area contributed by atoms with Crippen LogP contribution in [0.1, 0.15) is 18.7 Å². The first-order chi connectivity index (χ1) is 13.7. The number of fused-ring (bicyclic) bond motifs is 2. The molecule has 2 aromatic heterocycles. The normalized spacial score (nSPS) is 13.8. The van der Waals surface area contributed by atoms with Crippen LogP contribution in [0.3, 0.4) is 0 Å². The Morgan fingerprint density at radius 3 is 2.93 bits per heavy atom. The van der Waals surface area contributed by atoms with E-state index in [0.29, 0.717) is 6.54 Å². The topological polar surface area (TPSA) is 70.1 Å². The molecule has 3 N–H and O–H groups in total. The molecule has 0 saturated carbocycles. The minimum absolute atomic E-state index is 0.248. The molecule has 0 amide bonds. The Balaban J connectivity index is 1.25. The average molecular weight is 411 g/mol. The van der Waals surface area contributed by atoms with Gasteiger partial charge < -0.3 is 10.4 Å².